The van der Waals surface area contributed by atoms with Crippen LogP contribution in [0.2, 0.25) is 0 Å². The van der Waals surface area contributed by atoms with Gasteiger partial charge >= 0.3 is 0 Å². The van der Waals surface area contributed by atoms with Gasteiger partial charge in [-0.2, -0.15) is 5.10 Å². The molecule has 0 aliphatic heterocycles. The molecule has 3 aromatic heterocycles. The molecule has 0 fully saturated rings. The number of carbonyl (C=O) groups excluding carboxylic acids is 1. The minimum Gasteiger partial charge on any atom is -0.463 e. The number of aromatic amines is 1. The summed E-state index contributed by atoms with van der Waals surface area (Å²) in [5, 5.41) is 6.88. The van der Waals surface area contributed by atoms with Crippen LogP contribution in [0.5, 0.6) is 0 Å². The molecule has 0 aromatic carbocycles. The lowest BCUT2D eigenvalue weighted by atomic mass is 10.3. The number of hydrogen-bond acceptors (Lipinski definition) is 5. The van der Waals surface area contributed by atoms with E-state index in [1.54, 1.807) is 29.5 Å². The van der Waals surface area contributed by atoms with E-state index in [-0.39, 0.29) is 5.91 Å². The van der Waals surface area contributed by atoms with Crippen molar-refractivity contribution in [2.45, 2.75) is 6.92 Å². The summed E-state index contributed by atoms with van der Waals surface area (Å²) in [5.74, 6) is 0.195. The highest BCUT2D eigenvalue weighted by Crippen LogP contribution is 2.26. The number of thiophene rings is 1. The molecule has 112 valence electrons. The summed E-state index contributed by atoms with van der Waals surface area (Å²) < 4.78 is 5.16. The van der Waals surface area contributed by atoms with E-state index in [2.05, 4.69) is 27.6 Å². The number of furan rings is 1. The van der Waals surface area contributed by atoms with Gasteiger partial charge in [0.05, 0.1) is 22.5 Å². The number of aromatic nitrogens is 2. The fourth-order valence-electron chi connectivity index (χ4n) is 1.85. The molecular weight excluding hydrogens is 300 g/mol. The molecule has 3 N–H and O–H groups in total. The largest absolute Gasteiger partial charge is 0.463 e. The average Bonchev–Trinajstić information content (AvgIpc) is 3.23. The fourth-order valence-corrected chi connectivity index (χ4v) is 2.69. The Morgan fingerprint density at radius 2 is 2.23 bits per heavy atom. The van der Waals surface area contributed by atoms with Gasteiger partial charge in [-0.3, -0.25) is 20.7 Å². The molecule has 3 aromatic rings. The van der Waals surface area contributed by atoms with Crippen LogP contribution in [0.3, 0.4) is 0 Å². The Kier molecular flexibility index (Phi) is 3.80. The smallest absolute Gasteiger partial charge is 0.290 e. The minimum absolute atomic E-state index is 0.292. The molecule has 0 saturated heterocycles. The Labute approximate surface area is 130 Å². The highest BCUT2D eigenvalue weighted by molar-refractivity contribution is 7.15. The van der Waals surface area contributed by atoms with Crippen molar-refractivity contribution in [2.24, 2.45) is 0 Å². The number of H-pyrrole nitrogens is 1. The van der Waals surface area contributed by atoms with Crippen molar-refractivity contribution in [1.82, 2.24) is 21.0 Å². The number of aryl methyl sites for hydroxylation is 1. The van der Waals surface area contributed by atoms with Gasteiger partial charge in [0, 0.05) is 4.88 Å². The van der Waals surface area contributed by atoms with Crippen molar-refractivity contribution in [1.29, 1.82) is 0 Å². The van der Waals surface area contributed by atoms with Crippen LogP contribution in [0.1, 0.15) is 21.1 Å². The van der Waals surface area contributed by atoms with Gasteiger partial charge in [0.1, 0.15) is 0 Å². The molecular formula is C15H14N4O2S. The van der Waals surface area contributed by atoms with Crippen LogP contribution in [-0.2, 0) is 0 Å². The molecule has 0 bridgehead atoms. The topological polar surface area (TPSA) is 83.0 Å². The summed E-state index contributed by atoms with van der Waals surface area (Å²) in [6.07, 6.45) is 1.53. The maximum absolute atomic E-state index is 12.0. The van der Waals surface area contributed by atoms with Crippen molar-refractivity contribution in [2.75, 3.05) is 0 Å². The summed E-state index contributed by atoms with van der Waals surface area (Å²) in [6.45, 7) is 5.80. The van der Waals surface area contributed by atoms with Crippen LogP contribution in [-0.4, -0.2) is 16.1 Å². The molecule has 22 heavy (non-hydrogen) atoms. The number of carbonyl (C=O) groups is 1. The van der Waals surface area contributed by atoms with E-state index in [0.29, 0.717) is 17.2 Å². The molecule has 0 saturated carbocycles. The van der Waals surface area contributed by atoms with Gasteiger partial charge in [-0.05, 0) is 37.3 Å². The predicted molar refractivity (Wildman–Crippen MR) is 85.0 cm³/mol. The zero-order chi connectivity index (χ0) is 15.5. The van der Waals surface area contributed by atoms with Gasteiger partial charge in [-0.15, -0.1) is 11.3 Å². The second kappa shape index (κ2) is 5.90. The monoisotopic (exact) mass is 314 g/mol. The quantitative estimate of drug-likeness (QED) is 0.632. The first-order valence-electron chi connectivity index (χ1n) is 6.55. The van der Waals surface area contributed by atoms with E-state index in [1.807, 2.05) is 19.1 Å². The maximum atomic E-state index is 12.0. The first-order valence-corrected chi connectivity index (χ1v) is 7.36. The maximum Gasteiger partial charge on any atom is 0.290 e. The Morgan fingerprint density at radius 3 is 2.91 bits per heavy atom. The van der Waals surface area contributed by atoms with Crippen molar-refractivity contribution < 1.29 is 9.21 Å². The summed E-state index contributed by atoms with van der Waals surface area (Å²) >= 11 is 1.64. The highest BCUT2D eigenvalue weighted by Gasteiger charge is 2.12. The second-order valence-corrected chi connectivity index (χ2v) is 5.90. The number of hydrogen-bond donors (Lipinski definition) is 3. The van der Waals surface area contributed by atoms with E-state index in [1.165, 1.54) is 11.1 Å². The summed E-state index contributed by atoms with van der Waals surface area (Å²) in [6, 6.07) is 9.21. The van der Waals surface area contributed by atoms with Crippen LogP contribution in [0.25, 0.3) is 16.3 Å². The van der Waals surface area contributed by atoms with E-state index in [0.717, 1.165) is 10.6 Å². The third kappa shape index (κ3) is 2.94. The average molecular weight is 314 g/mol. The molecule has 0 unspecified atom stereocenters. The number of nitrogens with zero attached hydrogens (tertiary/aromatic N) is 1. The first kappa shape index (κ1) is 14.2. The highest BCUT2D eigenvalue weighted by atomic mass is 32.1. The van der Waals surface area contributed by atoms with Crippen molar-refractivity contribution in [3.05, 3.63) is 59.5 Å². The lowest BCUT2D eigenvalue weighted by Gasteiger charge is -2.07. The van der Waals surface area contributed by atoms with Gasteiger partial charge < -0.3 is 4.42 Å². The SMILES string of the molecule is C=C(NNC(=O)c1cc(-c2ccc(C)s2)[nH]n1)c1ccco1. The normalized spacial score (nSPS) is 10.4. The van der Waals surface area contributed by atoms with Crippen LogP contribution in [0.4, 0.5) is 0 Å². The zero-order valence-corrected chi connectivity index (χ0v) is 12.7. The molecule has 0 atom stereocenters. The first-order chi connectivity index (χ1) is 10.6. The lowest BCUT2D eigenvalue weighted by Crippen LogP contribution is -2.35. The molecule has 7 heteroatoms. The van der Waals surface area contributed by atoms with Gasteiger partial charge in [-0.1, -0.05) is 6.58 Å². The Balaban J connectivity index is 1.63. The lowest BCUT2D eigenvalue weighted by molar-refractivity contribution is 0.0937. The summed E-state index contributed by atoms with van der Waals surface area (Å²) in [4.78, 5) is 14.3. The van der Waals surface area contributed by atoms with Crippen molar-refractivity contribution >= 4 is 22.9 Å². The summed E-state index contributed by atoms with van der Waals surface area (Å²) in [5.41, 5.74) is 6.79. The summed E-state index contributed by atoms with van der Waals surface area (Å²) in [7, 11) is 0. The van der Waals surface area contributed by atoms with Gasteiger partial charge in [0.2, 0.25) is 0 Å². The third-order valence-electron chi connectivity index (χ3n) is 2.96. The van der Waals surface area contributed by atoms with Crippen molar-refractivity contribution in [3.63, 3.8) is 0 Å². The number of hydrazine groups is 1. The fraction of sp³-hybridized carbons (Fsp3) is 0.0667. The Bertz CT molecular complexity index is 801. The van der Waals surface area contributed by atoms with E-state index in [9.17, 15) is 4.79 Å². The van der Waals surface area contributed by atoms with E-state index in [4.69, 9.17) is 4.42 Å². The molecule has 0 radical (unpaired) electrons. The van der Waals surface area contributed by atoms with Gasteiger partial charge in [0.25, 0.3) is 5.91 Å². The number of amides is 1. The third-order valence-corrected chi connectivity index (χ3v) is 4.00. The van der Waals surface area contributed by atoms with Crippen LogP contribution < -0.4 is 10.9 Å². The Hall–Kier alpha value is -2.80. The van der Waals surface area contributed by atoms with Crippen LogP contribution >= 0.6 is 11.3 Å². The standard InChI is InChI=1S/C15H14N4O2S/c1-9-5-6-14(22-9)11-8-12(18-17-11)15(20)19-16-10(2)13-4-3-7-21-13/h3-8,16H,2H2,1H3,(H,17,18)(H,19,20). The van der Waals surface area contributed by atoms with Gasteiger partial charge in [0.15, 0.2) is 11.5 Å². The molecule has 0 aliphatic rings. The van der Waals surface area contributed by atoms with Crippen molar-refractivity contribution in [3.8, 4) is 10.6 Å². The number of nitrogens with one attached hydrogen (secondary N) is 3. The zero-order valence-electron chi connectivity index (χ0n) is 11.8. The molecule has 0 aliphatic carbocycles. The molecule has 6 nitrogen and oxygen atoms in total. The van der Waals surface area contributed by atoms with Crippen LogP contribution in [0, 0.1) is 6.92 Å². The van der Waals surface area contributed by atoms with Gasteiger partial charge in [-0.25, -0.2) is 0 Å². The Morgan fingerprint density at radius 1 is 1.36 bits per heavy atom. The van der Waals surface area contributed by atoms with E-state index >= 15 is 0 Å². The molecule has 0 spiro atoms. The van der Waals surface area contributed by atoms with Crippen LogP contribution in [0.15, 0.2) is 47.6 Å². The number of rotatable bonds is 5. The molecule has 1 amide bonds. The molecule has 3 rings (SSSR count). The second-order valence-electron chi connectivity index (χ2n) is 4.61. The molecule has 3 heterocycles. The minimum atomic E-state index is -0.358. The van der Waals surface area contributed by atoms with E-state index < -0.39 is 0 Å². The predicted octanol–water partition coefficient (Wildman–Crippen LogP) is 2.94.